The third kappa shape index (κ3) is 1.73. The van der Waals surface area contributed by atoms with Crippen molar-refractivity contribution in [3.05, 3.63) is 22.9 Å². The molecular weight excluding hydrogens is 204 g/mol. The minimum Gasteiger partial charge on any atom is -0.370 e. The zero-order chi connectivity index (χ0) is 11.7. The number of hydrogen-bond acceptors (Lipinski definition) is 5. The van der Waals surface area contributed by atoms with Crippen LogP contribution in [0.1, 0.15) is 36.8 Å². The monoisotopic (exact) mass is 218 g/mol. The Bertz CT molecular complexity index is 452. The lowest BCUT2D eigenvalue weighted by molar-refractivity contribution is -0.00589. The first-order valence-electron chi connectivity index (χ1n) is 5.21. The molecule has 2 unspecified atom stereocenters. The van der Waals surface area contributed by atoms with Crippen LogP contribution in [0.3, 0.4) is 0 Å². The Balaban J connectivity index is 2.53. The van der Waals surface area contributed by atoms with Crippen LogP contribution >= 0.6 is 0 Å². The van der Waals surface area contributed by atoms with Crippen LogP contribution in [0.2, 0.25) is 0 Å². The van der Waals surface area contributed by atoms with E-state index in [2.05, 4.69) is 16.5 Å². The summed E-state index contributed by atoms with van der Waals surface area (Å²) in [5.41, 5.74) is 4.84. The molecule has 5 heteroatoms. The van der Waals surface area contributed by atoms with E-state index in [4.69, 9.17) is 15.8 Å². The molecule has 2 rings (SSSR count). The second-order valence-corrected chi connectivity index (χ2v) is 3.97. The largest absolute Gasteiger partial charge is 0.370 e. The van der Waals surface area contributed by atoms with Gasteiger partial charge in [-0.1, -0.05) is 0 Å². The first-order valence-corrected chi connectivity index (χ1v) is 5.21. The number of nitrogens with two attached hydrogens (primary N) is 1. The number of pyridine rings is 1. The predicted octanol–water partition coefficient (Wildman–Crippen LogP) is 1.26. The highest BCUT2D eigenvalue weighted by Gasteiger charge is 2.24. The Hall–Kier alpha value is -1.64. The number of fused-ring (bicyclic) bond motifs is 1. The summed E-state index contributed by atoms with van der Waals surface area (Å²) in [5, 5.41) is 8.96. The van der Waals surface area contributed by atoms with Gasteiger partial charge in [0.1, 0.15) is 6.07 Å². The van der Waals surface area contributed by atoms with Crippen LogP contribution in [0.5, 0.6) is 0 Å². The highest BCUT2D eigenvalue weighted by molar-refractivity contribution is 5.54. The van der Waals surface area contributed by atoms with Gasteiger partial charge in [0.25, 0.3) is 0 Å². The number of anilines is 1. The average molecular weight is 218 g/mol. The van der Waals surface area contributed by atoms with Gasteiger partial charge in [0.05, 0.1) is 23.5 Å². The lowest BCUT2D eigenvalue weighted by atomic mass is 9.99. The maximum absolute atomic E-state index is 8.96. The molecule has 0 aliphatic carbocycles. The standard InChI is InChI=1S/C11H14N4O/c1-6-3-10-9(7(2)16-6)4-8(5-12)11(14-10)15-13/h4,6-7H,3,13H2,1-2H3,(H,14,15). The minimum absolute atomic E-state index is 0.0230. The van der Waals surface area contributed by atoms with Crippen molar-refractivity contribution in [2.75, 3.05) is 5.43 Å². The molecule has 0 saturated carbocycles. The second-order valence-electron chi connectivity index (χ2n) is 3.97. The lowest BCUT2D eigenvalue weighted by Gasteiger charge is -2.27. The molecule has 0 amide bonds. The maximum atomic E-state index is 8.96. The number of ether oxygens (including phenoxy) is 1. The Morgan fingerprint density at radius 1 is 1.62 bits per heavy atom. The Morgan fingerprint density at radius 2 is 2.38 bits per heavy atom. The SMILES string of the molecule is CC1Cc2nc(NN)c(C#N)cc2C(C)O1. The molecule has 0 bridgehead atoms. The zero-order valence-corrected chi connectivity index (χ0v) is 9.32. The molecule has 2 atom stereocenters. The molecule has 0 spiro atoms. The fourth-order valence-electron chi connectivity index (χ4n) is 2.02. The molecule has 0 radical (unpaired) electrons. The normalized spacial score (nSPS) is 23.4. The van der Waals surface area contributed by atoms with Crippen molar-refractivity contribution in [1.29, 1.82) is 5.26 Å². The van der Waals surface area contributed by atoms with Crippen LogP contribution in [0.15, 0.2) is 6.07 Å². The highest BCUT2D eigenvalue weighted by Crippen LogP contribution is 2.31. The van der Waals surface area contributed by atoms with E-state index in [1.807, 2.05) is 13.8 Å². The molecule has 5 nitrogen and oxygen atoms in total. The average Bonchev–Trinajstić information content (AvgIpc) is 2.27. The van der Waals surface area contributed by atoms with Crippen LogP contribution in [0, 0.1) is 11.3 Å². The van der Waals surface area contributed by atoms with Gasteiger partial charge in [0, 0.05) is 12.0 Å². The number of hydrogen-bond donors (Lipinski definition) is 2. The summed E-state index contributed by atoms with van der Waals surface area (Å²) in [5.74, 6) is 5.77. The molecule has 1 aromatic heterocycles. The van der Waals surface area contributed by atoms with E-state index < -0.39 is 0 Å². The summed E-state index contributed by atoms with van der Waals surface area (Å²) in [6.45, 7) is 3.97. The number of nitriles is 1. The summed E-state index contributed by atoms with van der Waals surface area (Å²) in [6.07, 6.45) is 0.874. The Kier molecular flexibility index (Phi) is 2.77. The highest BCUT2D eigenvalue weighted by atomic mass is 16.5. The van der Waals surface area contributed by atoms with Crippen LogP contribution < -0.4 is 11.3 Å². The molecule has 16 heavy (non-hydrogen) atoms. The van der Waals surface area contributed by atoms with E-state index in [-0.39, 0.29) is 12.2 Å². The van der Waals surface area contributed by atoms with E-state index >= 15 is 0 Å². The van der Waals surface area contributed by atoms with E-state index in [0.717, 1.165) is 17.7 Å². The fourth-order valence-corrected chi connectivity index (χ4v) is 2.02. The van der Waals surface area contributed by atoms with Gasteiger partial charge in [0.2, 0.25) is 0 Å². The molecule has 0 aromatic carbocycles. The van der Waals surface area contributed by atoms with Crippen molar-refractivity contribution >= 4 is 5.82 Å². The summed E-state index contributed by atoms with van der Waals surface area (Å²) in [6, 6.07) is 3.87. The maximum Gasteiger partial charge on any atom is 0.158 e. The van der Waals surface area contributed by atoms with Gasteiger partial charge in [-0.05, 0) is 19.9 Å². The number of rotatable bonds is 1. The van der Waals surface area contributed by atoms with Gasteiger partial charge < -0.3 is 10.2 Å². The molecule has 0 fully saturated rings. The number of nitrogen functional groups attached to an aromatic ring is 1. The van der Waals surface area contributed by atoms with Crippen LogP contribution in [-0.2, 0) is 11.2 Å². The predicted molar refractivity (Wildman–Crippen MR) is 59.4 cm³/mol. The third-order valence-electron chi connectivity index (χ3n) is 2.75. The lowest BCUT2D eigenvalue weighted by Crippen LogP contribution is -2.24. The molecule has 1 aliphatic rings. The first-order chi connectivity index (χ1) is 7.65. The van der Waals surface area contributed by atoms with Crippen molar-refractivity contribution in [2.24, 2.45) is 5.84 Å². The van der Waals surface area contributed by atoms with Gasteiger partial charge in [-0.3, -0.25) is 0 Å². The van der Waals surface area contributed by atoms with E-state index in [9.17, 15) is 0 Å². The molecule has 84 valence electrons. The van der Waals surface area contributed by atoms with E-state index in [0.29, 0.717) is 11.4 Å². The third-order valence-corrected chi connectivity index (χ3v) is 2.75. The first kappa shape index (κ1) is 10.9. The quantitative estimate of drug-likeness (QED) is 0.547. The van der Waals surface area contributed by atoms with Crippen molar-refractivity contribution in [2.45, 2.75) is 32.5 Å². The summed E-state index contributed by atoms with van der Waals surface area (Å²) >= 11 is 0. The Morgan fingerprint density at radius 3 is 3.00 bits per heavy atom. The van der Waals surface area contributed by atoms with Crippen molar-refractivity contribution in [1.82, 2.24) is 4.98 Å². The van der Waals surface area contributed by atoms with Gasteiger partial charge in [-0.15, -0.1) is 0 Å². The smallest absolute Gasteiger partial charge is 0.158 e. The molecule has 3 N–H and O–H groups in total. The molecule has 2 heterocycles. The zero-order valence-electron chi connectivity index (χ0n) is 9.32. The van der Waals surface area contributed by atoms with Gasteiger partial charge in [-0.2, -0.15) is 5.26 Å². The van der Waals surface area contributed by atoms with Gasteiger partial charge >= 0.3 is 0 Å². The van der Waals surface area contributed by atoms with Crippen LogP contribution in [-0.4, -0.2) is 11.1 Å². The van der Waals surface area contributed by atoms with Gasteiger partial charge in [-0.25, -0.2) is 10.8 Å². The minimum atomic E-state index is -0.0230. The number of aromatic nitrogens is 1. The van der Waals surface area contributed by atoms with Crippen LogP contribution in [0.25, 0.3) is 0 Å². The Labute approximate surface area is 94.2 Å². The summed E-state index contributed by atoms with van der Waals surface area (Å²) < 4.78 is 5.68. The molecular formula is C11H14N4O. The van der Waals surface area contributed by atoms with Crippen molar-refractivity contribution in [3.63, 3.8) is 0 Å². The van der Waals surface area contributed by atoms with Crippen molar-refractivity contribution in [3.8, 4) is 6.07 Å². The molecule has 0 saturated heterocycles. The summed E-state index contributed by atoms with van der Waals surface area (Å²) in [7, 11) is 0. The second kappa shape index (κ2) is 4.08. The topological polar surface area (TPSA) is 84.0 Å². The number of nitrogens with zero attached hydrogens (tertiary/aromatic N) is 2. The van der Waals surface area contributed by atoms with Crippen molar-refractivity contribution < 1.29 is 4.74 Å². The van der Waals surface area contributed by atoms with E-state index in [1.165, 1.54) is 0 Å². The fraction of sp³-hybridized carbons (Fsp3) is 0.455. The number of nitrogens with one attached hydrogen (secondary N) is 1. The molecule has 1 aliphatic heterocycles. The van der Waals surface area contributed by atoms with Gasteiger partial charge in [0.15, 0.2) is 5.82 Å². The number of hydrazine groups is 1. The molecule has 1 aromatic rings. The summed E-state index contributed by atoms with van der Waals surface area (Å²) in [4.78, 5) is 4.36. The van der Waals surface area contributed by atoms with Crippen LogP contribution in [0.4, 0.5) is 5.82 Å². The van der Waals surface area contributed by atoms with E-state index in [1.54, 1.807) is 6.07 Å².